The van der Waals surface area contributed by atoms with E-state index in [0.717, 1.165) is 42.1 Å². The van der Waals surface area contributed by atoms with Crippen LogP contribution in [0.2, 0.25) is 5.02 Å². The van der Waals surface area contributed by atoms with Crippen LogP contribution in [0.25, 0.3) is 10.9 Å². The van der Waals surface area contributed by atoms with Crippen molar-refractivity contribution in [2.45, 2.75) is 12.8 Å². The number of hydrogen-bond donors (Lipinski definition) is 3. The summed E-state index contributed by atoms with van der Waals surface area (Å²) in [5, 5.41) is 10.3. The van der Waals surface area contributed by atoms with E-state index < -0.39 is 5.91 Å². The molecule has 0 aliphatic heterocycles. The van der Waals surface area contributed by atoms with Crippen LogP contribution in [0.15, 0.2) is 66.9 Å². The fraction of sp³-hybridized carbons (Fsp3) is 0.174. The van der Waals surface area contributed by atoms with Crippen molar-refractivity contribution >= 4 is 45.7 Å². The van der Waals surface area contributed by atoms with E-state index in [1.807, 2.05) is 24.3 Å². The van der Waals surface area contributed by atoms with Gasteiger partial charge in [-0.05, 0) is 61.4 Å². The number of halogens is 2. The molecule has 3 aromatic rings. The molecule has 0 atom stereocenters. The summed E-state index contributed by atoms with van der Waals surface area (Å²) in [5.74, 6) is -1.20. The fourth-order valence-electron chi connectivity index (χ4n) is 2.89. The van der Waals surface area contributed by atoms with E-state index >= 15 is 0 Å². The standard InChI is InChI=1S/C23H22ClFN4O2/c24-16-3-8-19-20(11-14-27-21(19)15-16)26-12-1-2-13-28-22(30)9-10-23(31)29-18-6-4-17(25)5-7-18/h3-11,14-15H,1-2,12-13H2,(H,26,27)(H,28,30)(H,29,31)/b10-9+. The number of unbranched alkanes of at least 4 members (excludes halogenated alkanes) is 1. The van der Waals surface area contributed by atoms with Crippen LogP contribution in [-0.2, 0) is 9.59 Å². The molecule has 0 spiro atoms. The lowest BCUT2D eigenvalue weighted by Crippen LogP contribution is -2.23. The van der Waals surface area contributed by atoms with Crippen LogP contribution in [0.3, 0.4) is 0 Å². The smallest absolute Gasteiger partial charge is 0.248 e. The van der Waals surface area contributed by atoms with E-state index in [1.165, 1.54) is 30.3 Å². The van der Waals surface area contributed by atoms with Crippen LogP contribution < -0.4 is 16.0 Å². The maximum Gasteiger partial charge on any atom is 0.248 e. The third-order valence-corrected chi connectivity index (χ3v) is 4.66. The van der Waals surface area contributed by atoms with Gasteiger partial charge in [0.2, 0.25) is 11.8 Å². The second kappa shape index (κ2) is 11.1. The highest BCUT2D eigenvalue weighted by Gasteiger charge is 2.03. The van der Waals surface area contributed by atoms with Crippen molar-refractivity contribution in [1.29, 1.82) is 0 Å². The quantitative estimate of drug-likeness (QED) is 0.337. The molecular weight excluding hydrogens is 419 g/mol. The Hall–Kier alpha value is -3.45. The predicted octanol–water partition coefficient (Wildman–Crippen LogP) is 4.53. The highest BCUT2D eigenvalue weighted by Crippen LogP contribution is 2.24. The molecule has 3 N–H and O–H groups in total. The molecule has 0 fully saturated rings. The number of benzene rings is 2. The highest BCUT2D eigenvalue weighted by molar-refractivity contribution is 6.31. The number of fused-ring (bicyclic) bond motifs is 1. The molecule has 2 aromatic carbocycles. The van der Waals surface area contributed by atoms with Gasteiger partial charge in [0.05, 0.1) is 5.52 Å². The van der Waals surface area contributed by atoms with Gasteiger partial charge in [-0.1, -0.05) is 11.6 Å². The molecule has 1 aromatic heterocycles. The molecular formula is C23H22ClFN4O2. The van der Waals surface area contributed by atoms with Gasteiger partial charge in [0.1, 0.15) is 5.82 Å². The lowest BCUT2D eigenvalue weighted by atomic mass is 10.2. The monoisotopic (exact) mass is 440 g/mol. The first-order valence-electron chi connectivity index (χ1n) is 9.82. The lowest BCUT2D eigenvalue weighted by Gasteiger charge is -2.09. The van der Waals surface area contributed by atoms with Gasteiger partial charge in [0.25, 0.3) is 0 Å². The number of amides is 2. The molecule has 2 amide bonds. The Morgan fingerprint density at radius 3 is 2.52 bits per heavy atom. The number of anilines is 2. The second-order valence-electron chi connectivity index (χ2n) is 6.77. The molecule has 0 saturated carbocycles. The van der Waals surface area contributed by atoms with E-state index in [0.29, 0.717) is 17.3 Å². The van der Waals surface area contributed by atoms with Crippen molar-refractivity contribution in [2.75, 3.05) is 23.7 Å². The van der Waals surface area contributed by atoms with Crippen LogP contribution in [0, 0.1) is 5.82 Å². The number of pyridine rings is 1. The maximum absolute atomic E-state index is 12.8. The molecule has 3 rings (SSSR count). The largest absolute Gasteiger partial charge is 0.384 e. The molecule has 0 bridgehead atoms. The fourth-order valence-corrected chi connectivity index (χ4v) is 3.05. The van der Waals surface area contributed by atoms with Gasteiger partial charge in [0.15, 0.2) is 0 Å². The average molecular weight is 441 g/mol. The number of carbonyl (C=O) groups is 2. The van der Waals surface area contributed by atoms with Crippen molar-refractivity contribution in [3.05, 3.63) is 77.7 Å². The van der Waals surface area contributed by atoms with E-state index in [1.54, 1.807) is 6.20 Å². The molecule has 0 unspecified atom stereocenters. The number of nitrogens with zero attached hydrogens (tertiary/aromatic N) is 1. The maximum atomic E-state index is 12.8. The van der Waals surface area contributed by atoms with Gasteiger partial charge in [-0.15, -0.1) is 0 Å². The Morgan fingerprint density at radius 2 is 1.71 bits per heavy atom. The zero-order chi connectivity index (χ0) is 22.1. The van der Waals surface area contributed by atoms with Gasteiger partial charge in [-0.25, -0.2) is 4.39 Å². The van der Waals surface area contributed by atoms with E-state index in [-0.39, 0.29) is 11.7 Å². The summed E-state index contributed by atoms with van der Waals surface area (Å²) in [4.78, 5) is 27.9. The van der Waals surface area contributed by atoms with Crippen LogP contribution >= 0.6 is 11.6 Å². The van der Waals surface area contributed by atoms with Crippen LogP contribution in [0.5, 0.6) is 0 Å². The molecule has 160 valence electrons. The Kier molecular flexibility index (Phi) is 7.95. The van der Waals surface area contributed by atoms with E-state index in [2.05, 4.69) is 20.9 Å². The minimum Gasteiger partial charge on any atom is -0.384 e. The summed E-state index contributed by atoms with van der Waals surface area (Å²) in [6, 6.07) is 12.9. The van der Waals surface area contributed by atoms with Gasteiger partial charge < -0.3 is 16.0 Å². The molecule has 8 heteroatoms. The molecule has 0 aliphatic rings. The number of nitrogens with one attached hydrogen (secondary N) is 3. The summed E-state index contributed by atoms with van der Waals surface area (Å²) in [6.07, 6.45) is 5.68. The number of aromatic nitrogens is 1. The lowest BCUT2D eigenvalue weighted by molar-refractivity contribution is -0.117. The molecule has 0 radical (unpaired) electrons. The Morgan fingerprint density at radius 1 is 0.968 bits per heavy atom. The third-order valence-electron chi connectivity index (χ3n) is 4.42. The topological polar surface area (TPSA) is 83.1 Å². The molecule has 0 aliphatic carbocycles. The zero-order valence-electron chi connectivity index (χ0n) is 16.7. The number of hydrogen-bond acceptors (Lipinski definition) is 4. The van der Waals surface area contributed by atoms with Crippen LogP contribution in [-0.4, -0.2) is 29.9 Å². The Bertz CT molecular complexity index is 1090. The summed E-state index contributed by atoms with van der Waals surface area (Å²) in [7, 11) is 0. The predicted molar refractivity (Wildman–Crippen MR) is 122 cm³/mol. The second-order valence-corrected chi connectivity index (χ2v) is 7.21. The minimum absolute atomic E-state index is 0.348. The van der Waals surface area contributed by atoms with Crippen LogP contribution in [0.4, 0.5) is 15.8 Å². The Balaban J connectivity index is 1.33. The average Bonchev–Trinajstić information content (AvgIpc) is 2.76. The molecule has 0 saturated heterocycles. The minimum atomic E-state index is -0.461. The first-order chi connectivity index (χ1) is 15.0. The summed E-state index contributed by atoms with van der Waals surface area (Å²) >= 11 is 6.01. The van der Waals surface area contributed by atoms with Crippen LogP contribution in [0.1, 0.15) is 12.8 Å². The van der Waals surface area contributed by atoms with Crippen molar-refractivity contribution in [3.63, 3.8) is 0 Å². The summed E-state index contributed by atoms with van der Waals surface area (Å²) < 4.78 is 12.8. The van der Waals surface area contributed by atoms with Crippen molar-refractivity contribution in [1.82, 2.24) is 10.3 Å². The first kappa shape index (κ1) is 22.2. The van der Waals surface area contributed by atoms with Crippen molar-refractivity contribution in [3.8, 4) is 0 Å². The summed E-state index contributed by atoms with van der Waals surface area (Å²) in [5.41, 5.74) is 2.27. The van der Waals surface area contributed by atoms with Gasteiger partial charge in [-0.2, -0.15) is 0 Å². The van der Waals surface area contributed by atoms with Gasteiger partial charge >= 0.3 is 0 Å². The number of carbonyl (C=O) groups excluding carboxylic acids is 2. The van der Waals surface area contributed by atoms with E-state index in [9.17, 15) is 14.0 Å². The van der Waals surface area contributed by atoms with Gasteiger partial charge in [-0.3, -0.25) is 14.6 Å². The third kappa shape index (κ3) is 7.08. The van der Waals surface area contributed by atoms with Gasteiger partial charge in [0, 0.05) is 53.2 Å². The first-order valence-corrected chi connectivity index (χ1v) is 10.2. The van der Waals surface area contributed by atoms with Crippen molar-refractivity contribution in [2.24, 2.45) is 0 Å². The SMILES string of the molecule is O=C(/C=C/C(=O)Nc1ccc(F)cc1)NCCCCNc1ccnc2cc(Cl)ccc12. The van der Waals surface area contributed by atoms with E-state index in [4.69, 9.17) is 11.6 Å². The van der Waals surface area contributed by atoms with Crippen molar-refractivity contribution < 1.29 is 14.0 Å². The molecule has 31 heavy (non-hydrogen) atoms. The molecule has 1 heterocycles. The summed E-state index contributed by atoms with van der Waals surface area (Å²) in [6.45, 7) is 1.24. The Labute approximate surface area is 184 Å². The molecule has 6 nitrogen and oxygen atoms in total. The number of rotatable bonds is 9. The highest BCUT2D eigenvalue weighted by atomic mass is 35.5. The zero-order valence-corrected chi connectivity index (χ0v) is 17.5. The normalized spacial score (nSPS) is 10.9.